The zero-order chi connectivity index (χ0) is 13.3. The van der Waals surface area contributed by atoms with E-state index in [-0.39, 0.29) is 11.4 Å². The summed E-state index contributed by atoms with van der Waals surface area (Å²) in [4.78, 5) is 0. The number of nitrogens with zero attached hydrogens (tertiary/aromatic N) is 3. The monoisotopic (exact) mass is 252 g/mol. The first kappa shape index (κ1) is 12.5. The minimum absolute atomic E-state index is 0.0533. The number of hydrogen-bond donors (Lipinski definition) is 1. The molecule has 0 aliphatic carbocycles. The Bertz CT molecular complexity index is 551. The smallest absolute Gasteiger partial charge is 0.197 e. The van der Waals surface area contributed by atoms with Crippen LogP contribution in [-0.2, 0) is 12.7 Å². The van der Waals surface area contributed by atoms with Crippen molar-refractivity contribution >= 4 is 5.69 Å². The summed E-state index contributed by atoms with van der Waals surface area (Å²) < 4.78 is 30.3. The standard InChI is InChI=1S/C12H14F2N4/c1-12(14,8-4-3-5-9(15)6-8)10(13)11-17-16-7-18(11)2/h3-7,10H,15H2,1-2H3. The summed E-state index contributed by atoms with van der Waals surface area (Å²) in [6.07, 6.45) is -0.580. The number of aryl methyl sites for hydroxylation is 1. The molecule has 2 unspecified atom stereocenters. The van der Waals surface area contributed by atoms with Gasteiger partial charge in [-0.15, -0.1) is 10.2 Å². The molecule has 0 radical (unpaired) electrons. The fourth-order valence-electron chi connectivity index (χ4n) is 1.75. The van der Waals surface area contributed by atoms with Crippen molar-refractivity contribution in [3.05, 3.63) is 42.0 Å². The molecule has 2 aromatic rings. The molecule has 18 heavy (non-hydrogen) atoms. The van der Waals surface area contributed by atoms with Crippen molar-refractivity contribution in [2.45, 2.75) is 18.8 Å². The molecule has 2 N–H and O–H groups in total. The van der Waals surface area contributed by atoms with E-state index in [1.165, 1.54) is 30.0 Å². The topological polar surface area (TPSA) is 56.7 Å². The Hall–Kier alpha value is -1.98. The van der Waals surface area contributed by atoms with Crippen LogP contribution in [-0.4, -0.2) is 14.8 Å². The van der Waals surface area contributed by atoms with Gasteiger partial charge >= 0.3 is 0 Å². The molecule has 0 saturated heterocycles. The molecule has 0 amide bonds. The zero-order valence-corrected chi connectivity index (χ0v) is 10.1. The van der Waals surface area contributed by atoms with Crippen LogP contribution in [0.25, 0.3) is 0 Å². The third kappa shape index (κ3) is 2.05. The van der Waals surface area contributed by atoms with Crippen molar-refractivity contribution in [1.82, 2.24) is 14.8 Å². The molecule has 4 nitrogen and oxygen atoms in total. The second-order valence-corrected chi connectivity index (χ2v) is 4.36. The summed E-state index contributed by atoms with van der Waals surface area (Å²) in [5.74, 6) is -0.0533. The maximum Gasteiger partial charge on any atom is 0.197 e. The van der Waals surface area contributed by atoms with Crippen LogP contribution in [0, 0.1) is 0 Å². The number of rotatable bonds is 3. The van der Waals surface area contributed by atoms with Crippen LogP contribution < -0.4 is 5.73 Å². The highest BCUT2D eigenvalue weighted by atomic mass is 19.2. The van der Waals surface area contributed by atoms with Gasteiger partial charge in [-0.1, -0.05) is 12.1 Å². The van der Waals surface area contributed by atoms with E-state index in [0.717, 1.165) is 0 Å². The Kier molecular flexibility index (Phi) is 3.02. The van der Waals surface area contributed by atoms with Crippen molar-refractivity contribution < 1.29 is 8.78 Å². The molecular formula is C12H14F2N4. The van der Waals surface area contributed by atoms with E-state index in [0.29, 0.717) is 5.69 Å². The van der Waals surface area contributed by atoms with Gasteiger partial charge in [0.15, 0.2) is 17.7 Å². The Morgan fingerprint density at radius 1 is 1.44 bits per heavy atom. The zero-order valence-electron chi connectivity index (χ0n) is 10.1. The van der Waals surface area contributed by atoms with Crippen LogP contribution in [0.3, 0.4) is 0 Å². The van der Waals surface area contributed by atoms with Gasteiger partial charge in [-0.3, -0.25) is 0 Å². The number of benzene rings is 1. The number of aromatic nitrogens is 3. The average molecular weight is 252 g/mol. The highest BCUT2D eigenvalue weighted by Gasteiger charge is 2.40. The number of hydrogen-bond acceptors (Lipinski definition) is 3. The molecule has 0 bridgehead atoms. The lowest BCUT2D eigenvalue weighted by molar-refractivity contribution is 0.0564. The maximum absolute atomic E-state index is 14.6. The lowest BCUT2D eigenvalue weighted by Crippen LogP contribution is -2.24. The van der Waals surface area contributed by atoms with E-state index in [2.05, 4.69) is 10.2 Å². The third-order valence-corrected chi connectivity index (χ3v) is 2.90. The summed E-state index contributed by atoms with van der Waals surface area (Å²) in [7, 11) is 1.57. The SMILES string of the molecule is Cn1cnnc1C(F)C(C)(F)c1cccc(N)c1. The molecule has 2 atom stereocenters. The highest BCUT2D eigenvalue weighted by molar-refractivity contribution is 5.43. The molecule has 2 rings (SSSR count). The van der Waals surface area contributed by atoms with Gasteiger partial charge in [0.2, 0.25) is 0 Å². The third-order valence-electron chi connectivity index (χ3n) is 2.90. The summed E-state index contributed by atoms with van der Waals surface area (Å²) in [6, 6.07) is 6.13. The van der Waals surface area contributed by atoms with E-state index < -0.39 is 11.8 Å². The first-order chi connectivity index (χ1) is 8.43. The second kappa shape index (κ2) is 4.36. The van der Waals surface area contributed by atoms with Crippen molar-refractivity contribution in [2.24, 2.45) is 7.05 Å². The van der Waals surface area contributed by atoms with Gasteiger partial charge < -0.3 is 10.3 Å². The van der Waals surface area contributed by atoms with E-state index in [9.17, 15) is 8.78 Å². The number of anilines is 1. The molecule has 1 aromatic carbocycles. The van der Waals surface area contributed by atoms with Gasteiger partial charge in [0.1, 0.15) is 6.33 Å². The van der Waals surface area contributed by atoms with Gasteiger partial charge in [0, 0.05) is 12.7 Å². The van der Waals surface area contributed by atoms with Crippen molar-refractivity contribution in [3.8, 4) is 0 Å². The Balaban J connectivity index is 2.39. The molecule has 1 aromatic heterocycles. The van der Waals surface area contributed by atoms with E-state index >= 15 is 0 Å². The van der Waals surface area contributed by atoms with Crippen LogP contribution in [0.15, 0.2) is 30.6 Å². The molecule has 0 aliphatic rings. The number of alkyl halides is 2. The molecule has 1 heterocycles. The minimum Gasteiger partial charge on any atom is -0.399 e. The second-order valence-electron chi connectivity index (χ2n) is 4.36. The van der Waals surface area contributed by atoms with Crippen LogP contribution in [0.2, 0.25) is 0 Å². The van der Waals surface area contributed by atoms with Crippen LogP contribution in [0.4, 0.5) is 14.5 Å². The summed E-state index contributed by atoms with van der Waals surface area (Å²) in [5.41, 5.74) is 3.94. The minimum atomic E-state index is -2.21. The number of halogens is 2. The van der Waals surface area contributed by atoms with Crippen LogP contribution in [0.1, 0.15) is 24.5 Å². The van der Waals surface area contributed by atoms with Gasteiger partial charge in [-0.2, -0.15) is 0 Å². The van der Waals surface area contributed by atoms with Crippen LogP contribution in [0.5, 0.6) is 0 Å². The van der Waals surface area contributed by atoms with E-state index in [1.54, 1.807) is 19.2 Å². The molecule has 0 saturated carbocycles. The Morgan fingerprint density at radius 2 is 2.17 bits per heavy atom. The van der Waals surface area contributed by atoms with Gasteiger partial charge in [0.25, 0.3) is 0 Å². The summed E-state index contributed by atoms with van der Waals surface area (Å²) in [5, 5.41) is 7.15. The predicted molar refractivity (Wildman–Crippen MR) is 64.2 cm³/mol. The van der Waals surface area contributed by atoms with Gasteiger partial charge in [-0.25, -0.2) is 8.78 Å². The van der Waals surface area contributed by atoms with Crippen LogP contribution >= 0.6 is 0 Å². The molecule has 6 heteroatoms. The molecule has 96 valence electrons. The molecular weight excluding hydrogens is 238 g/mol. The predicted octanol–water partition coefficient (Wildman–Crippen LogP) is 2.29. The highest BCUT2D eigenvalue weighted by Crippen LogP contribution is 2.40. The lowest BCUT2D eigenvalue weighted by Gasteiger charge is -2.24. The first-order valence-corrected chi connectivity index (χ1v) is 5.46. The fraction of sp³-hybridized carbons (Fsp3) is 0.333. The van der Waals surface area contributed by atoms with Crippen molar-refractivity contribution in [3.63, 3.8) is 0 Å². The fourth-order valence-corrected chi connectivity index (χ4v) is 1.75. The largest absolute Gasteiger partial charge is 0.399 e. The van der Waals surface area contributed by atoms with E-state index in [4.69, 9.17) is 5.73 Å². The first-order valence-electron chi connectivity index (χ1n) is 5.46. The van der Waals surface area contributed by atoms with E-state index in [1.807, 2.05) is 0 Å². The molecule has 0 spiro atoms. The maximum atomic E-state index is 14.6. The Labute approximate surface area is 103 Å². The average Bonchev–Trinajstić information content (AvgIpc) is 2.74. The summed E-state index contributed by atoms with van der Waals surface area (Å²) in [6.45, 7) is 1.17. The van der Waals surface area contributed by atoms with Crippen molar-refractivity contribution in [2.75, 3.05) is 5.73 Å². The quantitative estimate of drug-likeness (QED) is 0.853. The van der Waals surface area contributed by atoms with Gasteiger partial charge in [0.05, 0.1) is 0 Å². The summed E-state index contributed by atoms with van der Waals surface area (Å²) >= 11 is 0. The molecule has 0 aliphatic heterocycles. The normalized spacial score (nSPS) is 16.2. The Morgan fingerprint density at radius 3 is 2.72 bits per heavy atom. The number of nitrogens with two attached hydrogens (primary N) is 1. The van der Waals surface area contributed by atoms with Gasteiger partial charge in [-0.05, 0) is 24.6 Å². The number of nitrogen functional groups attached to an aromatic ring is 1. The lowest BCUT2D eigenvalue weighted by atomic mass is 9.92. The van der Waals surface area contributed by atoms with Crippen molar-refractivity contribution in [1.29, 1.82) is 0 Å². The molecule has 0 fully saturated rings.